The van der Waals surface area contributed by atoms with E-state index < -0.39 is 0 Å². The Kier molecular flexibility index (Phi) is 5.64. The second kappa shape index (κ2) is 8.11. The van der Waals surface area contributed by atoms with E-state index in [1.165, 1.54) is 4.90 Å². The van der Waals surface area contributed by atoms with E-state index in [4.69, 9.17) is 0 Å². The zero-order valence-electron chi connectivity index (χ0n) is 13.6. The largest absolute Gasteiger partial charge is 0.508 e. The van der Waals surface area contributed by atoms with Gasteiger partial charge in [-0.3, -0.25) is 4.79 Å². The molecule has 1 N–H and O–H groups in total. The molecule has 2 aromatic carbocycles. The van der Waals surface area contributed by atoms with Gasteiger partial charge in [0.25, 0.3) is 0 Å². The standard InChI is InChI=1S/C19H22N2O2S/c22-17-8-6-16(7-9-17)20-11-13-21(14-12-20)19(23)10-15-24-18-4-2-1-3-5-18/h1-9,22H,10-15H2. The van der Waals surface area contributed by atoms with Crippen LogP contribution in [0, 0.1) is 0 Å². The van der Waals surface area contributed by atoms with Crippen molar-refractivity contribution in [3.8, 4) is 5.75 Å². The average molecular weight is 342 g/mol. The molecule has 1 heterocycles. The lowest BCUT2D eigenvalue weighted by Crippen LogP contribution is -2.48. The number of hydrogen-bond acceptors (Lipinski definition) is 4. The highest BCUT2D eigenvalue weighted by atomic mass is 32.2. The number of amides is 1. The SMILES string of the molecule is O=C(CCSc1ccccc1)N1CCN(c2ccc(O)cc2)CC1. The third kappa shape index (κ3) is 4.45. The summed E-state index contributed by atoms with van der Waals surface area (Å²) in [6, 6.07) is 17.4. The van der Waals surface area contributed by atoms with Crippen molar-refractivity contribution in [2.24, 2.45) is 0 Å². The number of carbonyl (C=O) groups excluding carboxylic acids is 1. The molecule has 126 valence electrons. The minimum absolute atomic E-state index is 0.240. The Morgan fingerprint density at radius 2 is 1.62 bits per heavy atom. The van der Waals surface area contributed by atoms with Gasteiger partial charge in [-0.25, -0.2) is 0 Å². The molecule has 1 aliphatic rings. The fraction of sp³-hybridized carbons (Fsp3) is 0.316. The predicted octanol–water partition coefficient (Wildman–Crippen LogP) is 3.22. The van der Waals surface area contributed by atoms with Crippen LogP contribution >= 0.6 is 11.8 Å². The Bertz CT molecular complexity index is 653. The summed E-state index contributed by atoms with van der Waals surface area (Å²) in [6.45, 7) is 3.19. The van der Waals surface area contributed by atoms with Crippen LogP contribution in [0.3, 0.4) is 0 Å². The van der Waals surface area contributed by atoms with E-state index in [0.717, 1.165) is 37.6 Å². The fourth-order valence-corrected chi connectivity index (χ4v) is 3.67. The maximum atomic E-state index is 12.3. The van der Waals surface area contributed by atoms with Crippen molar-refractivity contribution in [2.45, 2.75) is 11.3 Å². The first-order chi connectivity index (χ1) is 11.7. The first-order valence-electron chi connectivity index (χ1n) is 8.22. The summed E-state index contributed by atoms with van der Waals surface area (Å²) in [5.74, 6) is 1.34. The third-order valence-electron chi connectivity index (χ3n) is 4.18. The molecule has 0 spiro atoms. The van der Waals surface area contributed by atoms with Gasteiger partial charge >= 0.3 is 0 Å². The summed E-state index contributed by atoms with van der Waals surface area (Å²) >= 11 is 1.73. The highest BCUT2D eigenvalue weighted by Gasteiger charge is 2.20. The van der Waals surface area contributed by atoms with Crippen molar-refractivity contribution < 1.29 is 9.90 Å². The van der Waals surface area contributed by atoms with Gasteiger partial charge in [-0.05, 0) is 36.4 Å². The molecular weight excluding hydrogens is 320 g/mol. The Balaban J connectivity index is 1.42. The van der Waals surface area contributed by atoms with Crippen molar-refractivity contribution in [1.29, 1.82) is 0 Å². The van der Waals surface area contributed by atoms with Gasteiger partial charge in [0.1, 0.15) is 5.75 Å². The van der Waals surface area contributed by atoms with Gasteiger partial charge in [0.2, 0.25) is 5.91 Å². The maximum absolute atomic E-state index is 12.3. The Morgan fingerprint density at radius 3 is 2.29 bits per heavy atom. The quantitative estimate of drug-likeness (QED) is 0.848. The molecule has 2 aromatic rings. The lowest BCUT2D eigenvalue weighted by atomic mass is 10.2. The number of carbonyl (C=O) groups is 1. The molecule has 5 heteroatoms. The number of phenolic OH excluding ortho intramolecular Hbond substituents is 1. The second-order valence-corrected chi connectivity index (χ2v) is 6.96. The van der Waals surface area contributed by atoms with Gasteiger partial charge in [0.15, 0.2) is 0 Å². The molecule has 0 bridgehead atoms. The zero-order chi connectivity index (χ0) is 16.8. The number of rotatable bonds is 5. The van der Waals surface area contributed by atoms with E-state index in [0.29, 0.717) is 6.42 Å². The number of piperazine rings is 1. The van der Waals surface area contributed by atoms with Crippen LogP contribution in [0.1, 0.15) is 6.42 Å². The summed E-state index contributed by atoms with van der Waals surface area (Å²) in [5, 5.41) is 9.36. The number of phenols is 1. The van der Waals surface area contributed by atoms with E-state index in [2.05, 4.69) is 17.0 Å². The van der Waals surface area contributed by atoms with Crippen molar-refractivity contribution in [3.05, 3.63) is 54.6 Å². The van der Waals surface area contributed by atoms with Gasteiger partial charge in [-0.1, -0.05) is 18.2 Å². The molecule has 3 rings (SSSR count). The molecule has 4 nitrogen and oxygen atoms in total. The van der Waals surface area contributed by atoms with Crippen LogP contribution in [0.4, 0.5) is 5.69 Å². The van der Waals surface area contributed by atoms with E-state index >= 15 is 0 Å². The molecule has 1 fully saturated rings. The van der Waals surface area contributed by atoms with E-state index in [9.17, 15) is 9.90 Å². The van der Waals surface area contributed by atoms with Crippen LogP contribution in [-0.2, 0) is 4.79 Å². The van der Waals surface area contributed by atoms with Gasteiger partial charge < -0.3 is 14.9 Å². The number of anilines is 1. The van der Waals surface area contributed by atoms with Crippen LogP contribution in [0.25, 0.3) is 0 Å². The molecule has 1 saturated heterocycles. The highest BCUT2D eigenvalue weighted by molar-refractivity contribution is 7.99. The Labute approximate surface area is 147 Å². The van der Waals surface area contributed by atoms with Crippen LogP contribution in [0.15, 0.2) is 59.5 Å². The second-order valence-electron chi connectivity index (χ2n) is 5.80. The lowest BCUT2D eigenvalue weighted by Gasteiger charge is -2.36. The molecule has 0 radical (unpaired) electrons. The monoisotopic (exact) mass is 342 g/mol. The average Bonchev–Trinajstić information content (AvgIpc) is 2.63. The van der Waals surface area contributed by atoms with Gasteiger partial charge in [0, 0.05) is 48.9 Å². The highest BCUT2D eigenvalue weighted by Crippen LogP contribution is 2.21. The summed E-state index contributed by atoms with van der Waals surface area (Å²) in [7, 11) is 0. The molecule has 0 saturated carbocycles. The third-order valence-corrected chi connectivity index (χ3v) is 5.19. The topological polar surface area (TPSA) is 43.8 Å². The Morgan fingerprint density at radius 1 is 0.958 bits per heavy atom. The number of thioether (sulfide) groups is 1. The van der Waals surface area contributed by atoms with Crippen LogP contribution in [0.2, 0.25) is 0 Å². The molecule has 1 aliphatic heterocycles. The van der Waals surface area contributed by atoms with Crippen molar-refractivity contribution in [1.82, 2.24) is 4.90 Å². The van der Waals surface area contributed by atoms with Gasteiger partial charge in [0.05, 0.1) is 0 Å². The van der Waals surface area contributed by atoms with Crippen molar-refractivity contribution in [2.75, 3.05) is 36.8 Å². The number of benzene rings is 2. The fourth-order valence-electron chi connectivity index (χ4n) is 2.81. The van der Waals surface area contributed by atoms with Crippen LogP contribution in [-0.4, -0.2) is 47.8 Å². The van der Waals surface area contributed by atoms with Gasteiger partial charge in [-0.2, -0.15) is 0 Å². The molecule has 0 aliphatic carbocycles. The molecule has 1 amide bonds. The van der Waals surface area contributed by atoms with Crippen molar-refractivity contribution >= 4 is 23.4 Å². The number of aromatic hydroxyl groups is 1. The summed E-state index contributed by atoms with van der Waals surface area (Å²) in [4.78, 5) is 17.8. The Hall–Kier alpha value is -2.14. The molecule has 0 unspecified atom stereocenters. The normalized spacial score (nSPS) is 14.7. The van der Waals surface area contributed by atoms with Gasteiger partial charge in [-0.15, -0.1) is 11.8 Å². The summed E-state index contributed by atoms with van der Waals surface area (Å²) in [6.07, 6.45) is 0.582. The minimum Gasteiger partial charge on any atom is -0.508 e. The smallest absolute Gasteiger partial charge is 0.223 e. The minimum atomic E-state index is 0.240. The summed E-state index contributed by atoms with van der Waals surface area (Å²) < 4.78 is 0. The molecule has 0 aromatic heterocycles. The number of nitrogens with zero attached hydrogens (tertiary/aromatic N) is 2. The first-order valence-corrected chi connectivity index (χ1v) is 9.20. The zero-order valence-corrected chi connectivity index (χ0v) is 14.4. The van der Waals surface area contributed by atoms with Crippen LogP contribution in [0.5, 0.6) is 5.75 Å². The van der Waals surface area contributed by atoms with Crippen molar-refractivity contribution in [3.63, 3.8) is 0 Å². The molecule has 24 heavy (non-hydrogen) atoms. The van der Waals surface area contributed by atoms with E-state index in [1.54, 1.807) is 23.9 Å². The number of hydrogen-bond donors (Lipinski definition) is 1. The molecular formula is C19H22N2O2S. The van der Waals surface area contributed by atoms with E-state index in [-0.39, 0.29) is 11.7 Å². The predicted molar refractivity (Wildman–Crippen MR) is 98.7 cm³/mol. The maximum Gasteiger partial charge on any atom is 0.223 e. The lowest BCUT2D eigenvalue weighted by molar-refractivity contribution is -0.131. The first kappa shape index (κ1) is 16.7. The molecule has 0 atom stereocenters. The summed E-state index contributed by atoms with van der Waals surface area (Å²) in [5.41, 5.74) is 1.10. The van der Waals surface area contributed by atoms with Crippen LogP contribution < -0.4 is 4.90 Å². The van der Waals surface area contributed by atoms with E-state index in [1.807, 2.05) is 35.2 Å².